The number of fused-ring (bicyclic) bond motifs is 1. The summed E-state index contributed by atoms with van der Waals surface area (Å²) in [5, 5.41) is 14.2. The lowest BCUT2D eigenvalue weighted by Gasteiger charge is -2.23. The first-order chi connectivity index (χ1) is 9.58. The Hall–Kier alpha value is -1.86. The third-order valence-electron chi connectivity index (χ3n) is 3.66. The highest BCUT2D eigenvalue weighted by atomic mass is 35.5. The number of aromatic amines is 1. The van der Waals surface area contributed by atoms with Gasteiger partial charge in [-0.1, -0.05) is 11.6 Å². The summed E-state index contributed by atoms with van der Waals surface area (Å²) in [7, 11) is 0. The second-order valence-corrected chi connectivity index (χ2v) is 5.27. The van der Waals surface area contributed by atoms with Crippen molar-refractivity contribution < 1.29 is 4.92 Å². The van der Waals surface area contributed by atoms with E-state index in [2.05, 4.69) is 10.3 Å². The standard InChI is InChI=1S/C12H13ClN4O3/c13-8-5-9-11(6-10(8)17(19)20)16(12(18)15-9)7-1-3-14-4-2-7/h5-7,14H,1-4H2,(H,15,18). The third kappa shape index (κ3) is 2.08. The predicted molar refractivity (Wildman–Crippen MR) is 75.4 cm³/mol. The van der Waals surface area contributed by atoms with Crippen LogP contribution >= 0.6 is 11.6 Å². The number of nitrogens with zero attached hydrogens (tertiary/aromatic N) is 2. The molecule has 2 aromatic rings. The van der Waals surface area contributed by atoms with Gasteiger partial charge in [0.1, 0.15) is 5.02 Å². The first kappa shape index (κ1) is 13.1. The summed E-state index contributed by atoms with van der Waals surface area (Å²) in [5.74, 6) is 0. The molecule has 0 radical (unpaired) electrons. The van der Waals surface area contributed by atoms with Gasteiger partial charge in [0.15, 0.2) is 0 Å². The van der Waals surface area contributed by atoms with E-state index < -0.39 is 4.92 Å². The number of nitro groups is 1. The monoisotopic (exact) mass is 296 g/mol. The van der Waals surface area contributed by atoms with Crippen molar-refractivity contribution in [2.24, 2.45) is 0 Å². The Morgan fingerprint density at radius 2 is 2.05 bits per heavy atom. The molecule has 0 unspecified atom stereocenters. The minimum absolute atomic E-state index is 0.0289. The van der Waals surface area contributed by atoms with Gasteiger partial charge in [-0.2, -0.15) is 0 Å². The Kier molecular flexibility index (Phi) is 3.23. The van der Waals surface area contributed by atoms with E-state index in [1.165, 1.54) is 12.1 Å². The number of nitro benzene ring substituents is 1. The lowest BCUT2D eigenvalue weighted by molar-refractivity contribution is -0.384. The highest BCUT2D eigenvalue weighted by Crippen LogP contribution is 2.30. The van der Waals surface area contributed by atoms with Crippen LogP contribution in [0, 0.1) is 10.1 Å². The van der Waals surface area contributed by atoms with Crippen molar-refractivity contribution in [1.29, 1.82) is 0 Å². The van der Waals surface area contributed by atoms with E-state index in [-0.39, 0.29) is 22.4 Å². The molecule has 0 amide bonds. The van der Waals surface area contributed by atoms with Crippen LogP contribution in [0.2, 0.25) is 5.02 Å². The van der Waals surface area contributed by atoms with E-state index in [9.17, 15) is 14.9 Å². The van der Waals surface area contributed by atoms with Gasteiger partial charge in [0.2, 0.25) is 0 Å². The fourth-order valence-electron chi connectivity index (χ4n) is 2.70. The van der Waals surface area contributed by atoms with Gasteiger partial charge in [-0.25, -0.2) is 4.79 Å². The van der Waals surface area contributed by atoms with Crippen LogP contribution in [-0.2, 0) is 0 Å². The molecular weight excluding hydrogens is 284 g/mol. The van der Waals surface area contributed by atoms with Crippen LogP contribution < -0.4 is 11.0 Å². The second kappa shape index (κ2) is 4.92. The first-order valence-electron chi connectivity index (χ1n) is 6.37. The summed E-state index contributed by atoms with van der Waals surface area (Å²) in [6, 6.07) is 2.87. The van der Waals surface area contributed by atoms with Crippen molar-refractivity contribution in [2.45, 2.75) is 18.9 Å². The molecule has 7 nitrogen and oxygen atoms in total. The third-order valence-corrected chi connectivity index (χ3v) is 3.96. The number of nitrogens with one attached hydrogen (secondary N) is 2. The Morgan fingerprint density at radius 1 is 1.35 bits per heavy atom. The van der Waals surface area contributed by atoms with Crippen molar-refractivity contribution in [3.05, 3.63) is 37.8 Å². The molecule has 2 N–H and O–H groups in total. The second-order valence-electron chi connectivity index (χ2n) is 4.86. The average Bonchev–Trinajstić information content (AvgIpc) is 2.73. The molecule has 1 aromatic heterocycles. The highest BCUT2D eigenvalue weighted by molar-refractivity contribution is 6.33. The summed E-state index contributed by atoms with van der Waals surface area (Å²) >= 11 is 5.86. The molecule has 0 atom stereocenters. The van der Waals surface area contributed by atoms with Gasteiger partial charge in [-0.3, -0.25) is 14.7 Å². The van der Waals surface area contributed by atoms with E-state index >= 15 is 0 Å². The molecule has 1 fully saturated rings. The average molecular weight is 297 g/mol. The van der Waals surface area contributed by atoms with E-state index in [1.54, 1.807) is 4.57 Å². The van der Waals surface area contributed by atoms with Crippen LogP contribution in [0.4, 0.5) is 5.69 Å². The number of hydrogen-bond acceptors (Lipinski definition) is 4. The first-order valence-corrected chi connectivity index (χ1v) is 6.74. The SMILES string of the molecule is O=c1[nH]c2cc(Cl)c([N+](=O)[O-])cc2n1C1CCNCC1. The van der Waals surface area contributed by atoms with Crippen LogP contribution in [0.25, 0.3) is 11.0 Å². The molecule has 3 rings (SSSR count). The van der Waals surface area contributed by atoms with Crippen molar-refractivity contribution in [3.63, 3.8) is 0 Å². The normalized spacial score (nSPS) is 16.6. The lowest BCUT2D eigenvalue weighted by atomic mass is 10.1. The Balaban J connectivity index is 2.20. The molecule has 8 heteroatoms. The maximum atomic E-state index is 12.1. The Labute approximate surface area is 118 Å². The zero-order valence-electron chi connectivity index (χ0n) is 10.6. The van der Waals surface area contributed by atoms with Crippen LogP contribution in [0.5, 0.6) is 0 Å². The summed E-state index contributed by atoms with van der Waals surface area (Å²) in [5.41, 5.74) is 0.645. The summed E-state index contributed by atoms with van der Waals surface area (Å²) < 4.78 is 1.61. The predicted octanol–water partition coefficient (Wildman–Crippen LogP) is 1.82. The van der Waals surface area contributed by atoms with E-state index in [4.69, 9.17) is 11.6 Å². The number of imidazole rings is 1. The summed E-state index contributed by atoms with van der Waals surface area (Å²) in [4.78, 5) is 25.3. The quantitative estimate of drug-likeness (QED) is 0.653. The molecule has 0 bridgehead atoms. The molecule has 1 aromatic carbocycles. The topological polar surface area (TPSA) is 93.0 Å². The number of aromatic nitrogens is 2. The smallest absolute Gasteiger partial charge is 0.317 e. The number of rotatable bonds is 2. The molecule has 0 aliphatic carbocycles. The molecule has 1 saturated heterocycles. The van der Waals surface area contributed by atoms with Crippen molar-refractivity contribution in [3.8, 4) is 0 Å². The highest BCUT2D eigenvalue weighted by Gasteiger charge is 2.22. The van der Waals surface area contributed by atoms with Crippen LogP contribution in [0.1, 0.15) is 18.9 Å². The molecule has 0 spiro atoms. The van der Waals surface area contributed by atoms with Crippen molar-refractivity contribution >= 4 is 28.3 Å². The molecule has 1 aliphatic heterocycles. The minimum Gasteiger partial charge on any atom is -0.317 e. The Morgan fingerprint density at radius 3 is 2.70 bits per heavy atom. The minimum atomic E-state index is -0.536. The largest absolute Gasteiger partial charge is 0.326 e. The number of hydrogen-bond donors (Lipinski definition) is 2. The van der Waals surface area contributed by atoms with Crippen LogP contribution in [0.3, 0.4) is 0 Å². The van der Waals surface area contributed by atoms with Crippen LogP contribution in [-0.4, -0.2) is 27.6 Å². The number of piperidine rings is 1. The van der Waals surface area contributed by atoms with Crippen LogP contribution in [0.15, 0.2) is 16.9 Å². The fourth-order valence-corrected chi connectivity index (χ4v) is 2.94. The van der Waals surface area contributed by atoms with E-state index in [1.807, 2.05) is 0 Å². The maximum Gasteiger partial charge on any atom is 0.326 e. The zero-order chi connectivity index (χ0) is 14.3. The fraction of sp³-hybridized carbons (Fsp3) is 0.417. The van der Waals surface area contributed by atoms with Gasteiger partial charge >= 0.3 is 5.69 Å². The summed E-state index contributed by atoms with van der Waals surface area (Å²) in [6.45, 7) is 1.67. The van der Waals surface area contributed by atoms with Gasteiger partial charge in [0.05, 0.1) is 16.0 Å². The molecular formula is C12H13ClN4O3. The van der Waals surface area contributed by atoms with Gasteiger partial charge in [0.25, 0.3) is 5.69 Å². The molecule has 1 aliphatic rings. The number of halogens is 1. The van der Waals surface area contributed by atoms with Gasteiger partial charge in [-0.05, 0) is 32.0 Å². The lowest BCUT2D eigenvalue weighted by Crippen LogP contribution is -2.33. The summed E-state index contributed by atoms with van der Waals surface area (Å²) in [6.07, 6.45) is 1.65. The van der Waals surface area contributed by atoms with Gasteiger partial charge in [0, 0.05) is 12.1 Å². The number of benzene rings is 1. The Bertz CT molecular complexity index is 730. The van der Waals surface area contributed by atoms with Gasteiger partial charge < -0.3 is 10.3 Å². The van der Waals surface area contributed by atoms with E-state index in [0.29, 0.717) is 11.0 Å². The maximum absolute atomic E-state index is 12.1. The van der Waals surface area contributed by atoms with Crippen molar-refractivity contribution in [1.82, 2.24) is 14.9 Å². The number of H-pyrrole nitrogens is 1. The molecule has 0 saturated carbocycles. The molecule has 2 heterocycles. The van der Waals surface area contributed by atoms with Gasteiger partial charge in [-0.15, -0.1) is 0 Å². The molecule has 20 heavy (non-hydrogen) atoms. The van der Waals surface area contributed by atoms with Crippen molar-refractivity contribution in [2.75, 3.05) is 13.1 Å². The molecule has 106 valence electrons. The zero-order valence-corrected chi connectivity index (χ0v) is 11.3. The van der Waals surface area contributed by atoms with E-state index in [0.717, 1.165) is 25.9 Å².